The number of nitro benzene ring substituents is 1. The second-order valence-corrected chi connectivity index (χ2v) is 5.72. The average Bonchev–Trinajstić information content (AvgIpc) is 2.36. The molecule has 1 rings (SSSR count). The summed E-state index contributed by atoms with van der Waals surface area (Å²) >= 11 is 0. The Labute approximate surface area is 108 Å². The van der Waals surface area contributed by atoms with Crippen molar-refractivity contribution in [3.05, 3.63) is 33.9 Å². The van der Waals surface area contributed by atoms with Crippen molar-refractivity contribution >= 4 is 16.5 Å². The molecule has 0 fully saturated rings. The number of hydrogen-bond donors (Lipinski definition) is 1. The second-order valence-electron chi connectivity index (χ2n) is 3.87. The number of nitro groups is 1. The molecule has 0 aromatic heterocycles. The zero-order valence-electron chi connectivity index (χ0n) is 10.3. The second kappa shape index (κ2) is 6.46. The van der Waals surface area contributed by atoms with Crippen molar-refractivity contribution in [2.75, 3.05) is 13.7 Å². The van der Waals surface area contributed by atoms with Crippen LogP contribution < -0.4 is 10.5 Å². The predicted octanol–water partition coefficient (Wildman–Crippen LogP) is 1.20. The fraction of sp³-hybridized carbons (Fsp3) is 0.455. The molecular weight excluding hydrogens is 256 g/mol. The Bertz CT molecular complexity index is 464. The maximum Gasteiger partial charge on any atom is 0.273 e. The van der Waals surface area contributed by atoms with E-state index in [0.29, 0.717) is 17.9 Å². The highest BCUT2D eigenvalue weighted by molar-refractivity contribution is 7.84. The monoisotopic (exact) mass is 272 g/mol. The van der Waals surface area contributed by atoms with E-state index in [1.165, 1.54) is 19.2 Å². The molecule has 0 amide bonds. The lowest BCUT2D eigenvalue weighted by Crippen LogP contribution is -2.22. The molecule has 7 heteroatoms. The van der Waals surface area contributed by atoms with E-state index in [4.69, 9.17) is 10.5 Å². The molecule has 100 valence electrons. The van der Waals surface area contributed by atoms with E-state index in [9.17, 15) is 14.3 Å². The van der Waals surface area contributed by atoms with E-state index in [-0.39, 0.29) is 16.7 Å². The van der Waals surface area contributed by atoms with Crippen molar-refractivity contribution in [3.63, 3.8) is 0 Å². The van der Waals surface area contributed by atoms with Gasteiger partial charge in [-0.2, -0.15) is 0 Å². The normalized spacial score (nSPS) is 13.9. The van der Waals surface area contributed by atoms with Crippen LogP contribution in [0.3, 0.4) is 0 Å². The van der Waals surface area contributed by atoms with Gasteiger partial charge in [0.2, 0.25) is 0 Å². The number of non-ortho nitro benzene ring substituents is 1. The number of ether oxygens (including phenoxy) is 1. The third-order valence-electron chi connectivity index (χ3n) is 2.49. The van der Waals surface area contributed by atoms with Gasteiger partial charge in [0.15, 0.2) is 0 Å². The smallest absolute Gasteiger partial charge is 0.273 e. The first-order chi connectivity index (χ1) is 8.47. The average molecular weight is 272 g/mol. The van der Waals surface area contributed by atoms with Gasteiger partial charge in [-0.25, -0.2) is 0 Å². The molecule has 0 aliphatic heterocycles. The zero-order chi connectivity index (χ0) is 13.7. The molecular formula is C11H16N2O4S. The molecule has 0 aliphatic carbocycles. The van der Waals surface area contributed by atoms with Gasteiger partial charge >= 0.3 is 0 Å². The van der Waals surface area contributed by atoms with Gasteiger partial charge in [0.25, 0.3) is 5.69 Å². The Morgan fingerprint density at radius 3 is 2.67 bits per heavy atom. The largest absolute Gasteiger partial charge is 0.496 e. The highest BCUT2D eigenvalue weighted by Gasteiger charge is 2.14. The van der Waals surface area contributed by atoms with Crippen LogP contribution in [0.5, 0.6) is 5.75 Å². The molecule has 0 spiro atoms. The zero-order valence-corrected chi connectivity index (χ0v) is 11.1. The lowest BCUT2D eigenvalue weighted by molar-refractivity contribution is -0.385. The molecule has 0 saturated carbocycles. The van der Waals surface area contributed by atoms with Crippen molar-refractivity contribution in [3.8, 4) is 5.75 Å². The topological polar surface area (TPSA) is 95.5 Å². The Morgan fingerprint density at radius 1 is 1.50 bits per heavy atom. The SMILES string of the molecule is COc1cc(CS(=O)C(C)CN)cc([N+](=O)[O-])c1. The van der Waals surface area contributed by atoms with Crippen molar-refractivity contribution in [2.24, 2.45) is 5.73 Å². The summed E-state index contributed by atoms with van der Waals surface area (Å²) in [4.78, 5) is 10.3. The summed E-state index contributed by atoms with van der Waals surface area (Å²) in [5, 5.41) is 10.6. The maximum atomic E-state index is 11.8. The van der Waals surface area contributed by atoms with Gasteiger partial charge in [0.05, 0.1) is 18.1 Å². The minimum Gasteiger partial charge on any atom is -0.496 e. The molecule has 0 bridgehead atoms. The van der Waals surface area contributed by atoms with E-state index in [0.717, 1.165) is 0 Å². The number of nitrogens with zero attached hydrogens (tertiary/aromatic N) is 1. The molecule has 6 nitrogen and oxygen atoms in total. The van der Waals surface area contributed by atoms with Crippen LogP contribution in [0.25, 0.3) is 0 Å². The van der Waals surface area contributed by atoms with Gasteiger partial charge in [-0.3, -0.25) is 14.3 Å². The van der Waals surface area contributed by atoms with E-state index in [1.54, 1.807) is 13.0 Å². The molecule has 1 aromatic carbocycles. The van der Waals surface area contributed by atoms with Crippen LogP contribution >= 0.6 is 0 Å². The standard InChI is InChI=1S/C11H16N2O4S/c1-8(6-12)18(16)7-9-3-10(13(14)15)5-11(4-9)17-2/h3-5,8H,6-7,12H2,1-2H3. The third kappa shape index (κ3) is 3.78. The van der Waals surface area contributed by atoms with Crippen LogP contribution in [0.1, 0.15) is 12.5 Å². The molecule has 18 heavy (non-hydrogen) atoms. The molecule has 0 radical (unpaired) electrons. The summed E-state index contributed by atoms with van der Waals surface area (Å²) in [6.07, 6.45) is 0. The van der Waals surface area contributed by atoms with Gasteiger partial charge in [0.1, 0.15) is 5.75 Å². The van der Waals surface area contributed by atoms with Gasteiger partial charge in [-0.05, 0) is 18.6 Å². The summed E-state index contributed by atoms with van der Waals surface area (Å²) < 4.78 is 16.8. The Hall–Kier alpha value is -1.47. The van der Waals surface area contributed by atoms with Crippen LogP contribution in [0.2, 0.25) is 0 Å². The Kier molecular flexibility index (Phi) is 5.24. The van der Waals surface area contributed by atoms with Gasteiger partial charge in [0, 0.05) is 34.4 Å². The summed E-state index contributed by atoms with van der Waals surface area (Å²) in [5.41, 5.74) is 5.98. The molecule has 0 heterocycles. The summed E-state index contributed by atoms with van der Waals surface area (Å²) in [7, 11) is 0.282. The molecule has 2 atom stereocenters. The predicted molar refractivity (Wildman–Crippen MR) is 70.0 cm³/mol. The summed E-state index contributed by atoms with van der Waals surface area (Å²) in [6, 6.07) is 4.39. The first-order valence-electron chi connectivity index (χ1n) is 5.37. The number of methoxy groups -OCH3 is 1. The van der Waals surface area contributed by atoms with E-state index < -0.39 is 15.7 Å². The van der Waals surface area contributed by atoms with E-state index in [2.05, 4.69) is 0 Å². The van der Waals surface area contributed by atoms with Crippen LogP contribution in [0.4, 0.5) is 5.69 Å². The number of hydrogen-bond acceptors (Lipinski definition) is 5. The first kappa shape index (κ1) is 14.6. The van der Waals surface area contributed by atoms with Crippen molar-refractivity contribution in [1.29, 1.82) is 0 Å². The lowest BCUT2D eigenvalue weighted by Gasteiger charge is -2.09. The van der Waals surface area contributed by atoms with Crippen LogP contribution in [-0.4, -0.2) is 28.0 Å². The maximum absolute atomic E-state index is 11.8. The van der Waals surface area contributed by atoms with Gasteiger partial charge in [-0.15, -0.1) is 0 Å². The molecule has 1 aromatic rings. The summed E-state index contributed by atoms with van der Waals surface area (Å²) in [5.74, 6) is 0.618. The van der Waals surface area contributed by atoms with E-state index >= 15 is 0 Å². The Balaban J connectivity index is 2.98. The number of benzene rings is 1. The van der Waals surface area contributed by atoms with Crippen LogP contribution in [-0.2, 0) is 16.6 Å². The number of nitrogens with two attached hydrogens (primary N) is 1. The van der Waals surface area contributed by atoms with Gasteiger partial charge in [-0.1, -0.05) is 0 Å². The van der Waals surface area contributed by atoms with Crippen LogP contribution in [0.15, 0.2) is 18.2 Å². The van der Waals surface area contributed by atoms with E-state index in [1.807, 2.05) is 0 Å². The fourth-order valence-electron chi connectivity index (χ4n) is 1.36. The first-order valence-corrected chi connectivity index (χ1v) is 6.75. The lowest BCUT2D eigenvalue weighted by atomic mass is 10.2. The van der Waals surface area contributed by atoms with Crippen molar-refractivity contribution in [2.45, 2.75) is 17.9 Å². The molecule has 0 saturated heterocycles. The molecule has 2 unspecified atom stereocenters. The fourth-order valence-corrected chi connectivity index (χ4v) is 2.36. The van der Waals surface area contributed by atoms with Gasteiger partial charge < -0.3 is 10.5 Å². The highest BCUT2D eigenvalue weighted by Crippen LogP contribution is 2.23. The minimum atomic E-state index is -1.15. The summed E-state index contributed by atoms with van der Waals surface area (Å²) in [6.45, 7) is 2.10. The van der Waals surface area contributed by atoms with Crippen molar-refractivity contribution in [1.82, 2.24) is 0 Å². The minimum absolute atomic E-state index is 0.0678. The molecule has 2 N–H and O–H groups in total. The quantitative estimate of drug-likeness (QED) is 0.620. The van der Waals surface area contributed by atoms with Crippen LogP contribution in [0, 0.1) is 10.1 Å². The highest BCUT2D eigenvalue weighted by atomic mass is 32.2. The Morgan fingerprint density at radius 2 is 2.17 bits per heavy atom. The molecule has 0 aliphatic rings. The third-order valence-corrected chi connectivity index (χ3v) is 4.20. The number of rotatable bonds is 6. The van der Waals surface area contributed by atoms with Crippen molar-refractivity contribution < 1.29 is 13.9 Å².